The Morgan fingerprint density at radius 2 is 1.40 bits per heavy atom. The number of pyridine rings is 2. The molecule has 2 aromatic heterocycles. The van der Waals surface area contributed by atoms with Crippen molar-refractivity contribution in [1.82, 2.24) is 9.97 Å². The van der Waals surface area contributed by atoms with E-state index in [1.165, 1.54) is 30.2 Å². The molecule has 0 aliphatic heterocycles. The SMILES string of the molecule is COCC[C@H]1C[C@@H]1c1cncc(O)c1.COCC[C@H]1C[C@@H]1c1cncc(OCc2ccccc2)c1. The van der Waals surface area contributed by atoms with Gasteiger partial charge in [-0.3, -0.25) is 9.97 Å². The van der Waals surface area contributed by atoms with E-state index in [1.54, 1.807) is 20.4 Å². The van der Waals surface area contributed by atoms with Gasteiger partial charge in [0.1, 0.15) is 18.1 Å². The standard InChI is InChI=1S/C18H21NO2.C11H15NO2/c1-20-8-7-15-10-18(15)16-9-17(12-19-11-16)21-13-14-5-3-2-4-6-14;1-14-3-2-8-5-11(8)9-4-10(13)7-12-6-9/h2-6,9,11-12,15,18H,7-8,10,13H2,1H3;4,6-8,11,13H,2-3,5H2,1H3/t15-,18-;8-,11-/m00/s1. The van der Waals surface area contributed by atoms with E-state index in [2.05, 4.69) is 28.2 Å². The maximum atomic E-state index is 9.26. The van der Waals surface area contributed by atoms with E-state index < -0.39 is 0 Å². The topological polar surface area (TPSA) is 73.7 Å². The highest BCUT2D eigenvalue weighted by Crippen LogP contribution is 2.50. The molecule has 0 bridgehead atoms. The van der Waals surface area contributed by atoms with Crippen LogP contribution in [0.4, 0.5) is 0 Å². The third kappa shape index (κ3) is 7.77. The number of aromatic nitrogens is 2. The molecule has 1 N–H and O–H groups in total. The highest BCUT2D eigenvalue weighted by molar-refractivity contribution is 5.31. The molecule has 35 heavy (non-hydrogen) atoms. The summed E-state index contributed by atoms with van der Waals surface area (Å²) in [7, 11) is 3.49. The number of hydrogen-bond donors (Lipinski definition) is 1. The van der Waals surface area contributed by atoms with E-state index >= 15 is 0 Å². The first-order valence-corrected chi connectivity index (χ1v) is 12.4. The van der Waals surface area contributed by atoms with Gasteiger partial charge < -0.3 is 19.3 Å². The lowest BCUT2D eigenvalue weighted by Crippen LogP contribution is -1.97. The number of aromatic hydroxyl groups is 1. The third-order valence-corrected chi connectivity index (χ3v) is 6.81. The molecule has 0 spiro atoms. The summed E-state index contributed by atoms with van der Waals surface area (Å²) < 4.78 is 16.0. The van der Waals surface area contributed by atoms with Crippen LogP contribution in [0.25, 0.3) is 0 Å². The molecule has 0 radical (unpaired) electrons. The van der Waals surface area contributed by atoms with Gasteiger partial charge in [-0.15, -0.1) is 0 Å². The number of methoxy groups -OCH3 is 2. The fraction of sp³-hybridized carbons (Fsp3) is 0.448. The maximum absolute atomic E-state index is 9.26. The average Bonchev–Trinajstić information content (AvgIpc) is 3.82. The van der Waals surface area contributed by atoms with Gasteiger partial charge in [-0.1, -0.05) is 30.3 Å². The first kappa shape index (κ1) is 25.1. The molecular weight excluding hydrogens is 440 g/mol. The Morgan fingerprint density at radius 3 is 2.00 bits per heavy atom. The van der Waals surface area contributed by atoms with Crippen molar-refractivity contribution < 1.29 is 19.3 Å². The third-order valence-electron chi connectivity index (χ3n) is 6.81. The minimum Gasteiger partial charge on any atom is -0.506 e. The van der Waals surface area contributed by atoms with Gasteiger partial charge in [0.15, 0.2) is 0 Å². The van der Waals surface area contributed by atoms with Crippen LogP contribution in [-0.2, 0) is 16.1 Å². The molecule has 6 nitrogen and oxygen atoms in total. The maximum Gasteiger partial charge on any atom is 0.138 e. The number of nitrogens with zero attached hydrogens (tertiary/aromatic N) is 2. The lowest BCUT2D eigenvalue weighted by Gasteiger charge is -2.07. The van der Waals surface area contributed by atoms with Crippen molar-refractivity contribution in [2.24, 2.45) is 11.8 Å². The van der Waals surface area contributed by atoms with Gasteiger partial charge >= 0.3 is 0 Å². The second-order valence-corrected chi connectivity index (χ2v) is 9.47. The summed E-state index contributed by atoms with van der Waals surface area (Å²) in [4.78, 5) is 8.30. The van der Waals surface area contributed by atoms with Gasteiger partial charge in [0.05, 0.1) is 12.4 Å². The zero-order chi connectivity index (χ0) is 24.5. The summed E-state index contributed by atoms with van der Waals surface area (Å²) in [5.74, 6) is 3.81. The number of benzene rings is 1. The molecule has 2 fully saturated rings. The molecule has 4 atom stereocenters. The summed E-state index contributed by atoms with van der Waals surface area (Å²) in [5, 5.41) is 9.26. The lowest BCUT2D eigenvalue weighted by atomic mass is 10.1. The van der Waals surface area contributed by atoms with E-state index in [1.807, 2.05) is 36.7 Å². The summed E-state index contributed by atoms with van der Waals surface area (Å²) in [6, 6.07) is 14.1. The minimum atomic E-state index is 0.264. The predicted molar refractivity (Wildman–Crippen MR) is 136 cm³/mol. The molecule has 2 saturated carbocycles. The number of rotatable bonds is 11. The monoisotopic (exact) mass is 476 g/mol. The van der Waals surface area contributed by atoms with Gasteiger partial charge in [0.2, 0.25) is 0 Å². The van der Waals surface area contributed by atoms with E-state index in [0.717, 1.165) is 49.2 Å². The first-order chi connectivity index (χ1) is 17.2. The number of hydrogen-bond acceptors (Lipinski definition) is 6. The van der Waals surface area contributed by atoms with E-state index in [-0.39, 0.29) is 5.75 Å². The molecule has 0 saturated heterocycles. The van der Waals surface area contributed by atoms with Crippen molar-refractivity contribution in [3.63, 3.8) is 0 Å². The first-order valence-electron chi connectivity index (χ1n) is 12.4. The molecule has 0 unspecified atom stereocenters. The summed E-state index contributed by atoms with van der Waals surface area (Å²) in [5.41, 5.74) is 3.63. The molecule has 0 amide bonds. The minimum absolute atomic E-state index is 0.264. The predicted octanol–water partition coefficient (Wildman–Crippen LogP) is 5.73. The molecule has 186 valence electrons. The molecule has 2 aliphatic carbocycles. The van der Waals surface area contributed by atoms with E-state index in [0.29, 0.717) is 18.4 Å². The van der Waals surface area contributed by atoms with Crippen molar-refractivity contribution in [1.29, 1.82) is 0 Å². The Morgan fingerprint density at radius 1 is 0.800 bits per heavy atom. The van der Waals surface area contributed by atoms with E-state index in [4.69, 9.17) is 14.2 Å². The summed E-state index contributed by atoms with van der Waals surface area (Å²) in [6.07, 6.45) is 11.8. The van der Waals surface area contributed by atoms with Crippen molar-refractivity contribution >= 4 is 0 Å². The van der Waals surface area contributed by atoms with Crippen LogP contribution in [0.5, 0.6) is 11.5 Å². The van der Waals surface area contributed by atoms with Gasteiger partial charge in [0.25, 0.3) is 0 Å². The summed E-state index contributed by atoms with van der Waals surface area (Å²) >= 11 is 0. The zero-order valence-corrected chi connectivity index (χ0v) is 20.7. The quantitative estimate of drug-likeness (QED) is 0.381. The van der Waals surface area contributed by atoms with Crippen LogP contribution >= 0.6 is 0 Å². The average molecular weight is 477 g/mol. The Labute approximate surface area is 208 Å². The highest BCUT2D eigenvalue weighted by Gasteiger charge is 2.38. The van der Waals surface area contributed by atoms with Gasteiger partial charge in [0, 0.05) is 39.8 Å². The van der Waals surface area contributed by atoms with Gasteiger partial charge in [-0.05, 0) is 78.2 Å². The van der Waals surface area contributed by atoms with Crippen LogP contribution in [0.15, 0.2) is 67.3 Å². The fourth-order valence-corrected chi connectivity index (χ4v) is 4.59. The van der Waals surface area contributed by atoms with Gasteiger partial charge in [-0.25, -0.2) is 0 Å². The van der Waals surface area contributed by atoms with Crippen molar-refractivity contribution in [3.05, 3.63) is 83.9 Å². The highest BCUT2D eigenvalue weighted by atomic mass is 16.5. The van der Waals surface area contributed by atoms with Crippen LogP contribution in [0.3, 0.4) is 0 Å². The summed E-state index contributed by atoms with van der Waals surface area (Å²) in [6.45, 7) is 2.26. The van der Waals surface area contributed by atoms with Gasteiger partial charge in [-0.2, -0.15) is 0 Å². The van der Waals surface area contributed by atoms with Crippen LogP contribution < -0.4 is 4.74 Å². The van der Waals surface area contributed by atoms with E-state index in [9.17, 15) is 5.11 Å². The van der Waals surface area contributed by atoms with Crippen LogP contribution in [0.1, 0.15) is 54.2 Å². The second-order valence-electron chi connectivity index (χ2n) is 9.47. The molecule has 1 aromatic carbocycles. The number of ether oxygens (including phenoxy) is 3. The molecule has 5 rings (SSSR count). The molecule has 3 aromatic rings. The van der Waals surface area contributed by atoms with Crippen molar-refractivity contribution in [2.45, 2.75) is 44.1 Å². The zero-order valence-electron chi connectivity index (χ0n) is 20.7. The Hall–Kier alpha value is -2.96. The van der Waals surface area contributed by atoms with Crippen molar-refractivity contribution in [3.8, 4) is 11.5 Å². The molecule has 2 heterocycles. The fourth-order valence-electron chi connectivity index (χ4n) is 4.59. The normalized spacial score (nSPS) is 22.1. The second kappa shape index (κ2) is 12.7. The Kier molecular flexibility index (Phi) is 9.09. The van der Waals surface area contributed by atoms with Crippen LogP contribution in [0, 0.1) is 11.8 Å². The molecule has 2 aliphatic rings. The Bertz CT molecular complexity index is 1050. The Balaban J connectivity index is 0.000000179. The molecular formula is C29H36N2O4. The van der Waals surface area contributed by atoms with Crippen LogP contribution in [-0.4, -0.2) is 42.5 Å². The molecule has 6 heteroatoms. The lowest BCUT2D eigenvalue weighted by molar-refractivity contribution is 0.189. The smallest absolute Gasteiger partial charge is 0.138 e. The largest absolute Gasteiger partial charge is 0.506 e. The van der Waals surface area contributed by atoms with Crippen molar-refractivity contribution in [2.75, 3.05) is 27.4 Å². The van der Waals surface area contributed by atoms with Crippen LogP contribution in [0.2, 0.25) is 0 Å².